The number of nitrogens with zero attached hydrogens (tertiary/aromatic N) is 3. The third-order valence-corrected chi connectivity index (χ3v) is 7.97. The van der Waals surface area contributed by atoms with Gasteiger partial charge in [0.1, 0.15) is 17.4 Å². The first-order chi connectivity index (χ1) is 20.3. The zero-order chi connectivity index (χ0) is 30.6. The molecule has 0 aliphatic rings. The summed E-state index contributed by atoms with van der Waals surface area (Å²) in [6.45, 7) is 8.38. The van der Waals surface area contributed by atoms with Gasteiger partial charge in [0.2, 0.25) is 0 Å². The number of ether oxygens (including phenoxy) is 2. The predicted molar refractivity (Wildman–Crippen MR) is 168 cm³/mol. The minimum atomic E-state index is -0.621. The van der Waals surface area contributed by atoms with E-state index in [1.54, 1.807) is 6.20 Å². The van der Waals surface area contributed by atoms with Crippen LogP contribution in [0.2, 0.25) is 0 Å². The van der Waals surface area contributed by atoms with Gasteiger partial charge in [0.15, 0.2) is 5.65 Å². The van der Waals surface area contributed by atoms with E-state index in [0.29, 0.717) is 24.0 Å². The molecular weight excluding hydrogens is 530 g/mol. The summed E-state index contributed by atoms with van der Waals surface area (Å²) in [5.74, 6) is 0.145. The lowest BCUT2D eigenvalue weighted by Crippen LogP contribution is -2.37. The van der Waals surface area contributed by atoms with Crippen LogP contribution >= 0.6 is 0 Å². The average molecular weight is 588 g/mol. The number of esters is 2. The van der Waals surface area contributed by atoms with Gasteiger partial charge in [0.05, 0.1) is 12.8 Å². The quantitative estimate of drug-likeness (QED) is 0.0946. The number of unbranched alkanes of at least 4 members (excludes halogenated alkanes) is 14. The molecule has 2 atom stereocenters. The minimum absolute atomic E-state index is 0.0233. The molecule has 0 spiro atoms. The van der Waals surface area contributed by atoms with E-state index in [1.807, 2.05) is 20.8 Å². The number of nitrogens with two attached hydrogens (primary N) is 1. The number of aromatic nitrogens is 4. The molecular formula is C33H57N5O4. The second-order valence-electron chi connectivity index (χ2n) is 12.1. The Balaban J connectivity index is 1.59. The number of carbonyl (C=O) groups excluding carboxylic acids is 2. The zero-order valence-electron chi connectivity index (χ0n) is 26.8. The summed E-state index contributed by atoms with van der Waals surface area (Å²) in [5, 5.41) is 0. The molecule has 0 radical (unpaired) electrons. The lowest BCUT2D eigenvalue weighted by atomic mass is 10.0. The number of hydrogen-bond acceptors (Lipinski definition) is 8. The lowest BCUT2D eigenvalue weighted by Gasteiger charge is -2.18. The zero-order valence-corrected chi connectivity index (χ0v) is 26.8. The Labute approximate surface area is 253 Å². The van der Waals surface area contributed by atoms with Crippen molar-refractivity contribution < 1.29 is 19.1 Å². The normalized spacial score (nSPS) is 13.0. The molecule has 0 aliphatic heterocycles. The third-order valence-electron chi connectivity index (χ3n) is 7.97. The number of H-pyrrole nitrogens is 1. The van der Waals surface area contributed by atoms with Gasteiger partial charge in [0, 0.05) is 12.8 Å². The molecule has 42 heavy (non-hydrogen) atoms. The summed E-state index contributed by atoms with van der Waals surface area (Å²) in [5.41, 5.74) is 6.99. The van der Waals surface area contributed by atoms with Gasteiger partial charge >= 0.3 is 17.9 Å². The van der Waals surface area contributed by atoms with E-state index >= 15 is 0 Å². The SMILES string of the molecule is CCCCCCCCCCCCCCCCCC(=O)Oc1ncc2[nH]c(CC(CC)COC(=O)[C@@H](N)C(C)C)nc2n1. The van der Waals surface area contributed by atoms with Gasteiger partial charge in [-0.3, -0.25) is 9.59 Å². The van der Waals surface area contributed by atoms with Gasteiger partial charge in [-0.2, -0.15) is 4.98 Å². The fourth-order valence-corrected chi connectivity index (χ4v) is 4.94. The molecule has 0 fully saturated rings. The highest BCUT2D eigenvalue weighted by Crippen LogP contribution is 2.18. The standard InChI is InChI=1S/C33H57N5O4/c1-5-7-8-9-10-11-12-13-14-15-16-17-18-19-20-21-29(39)42-33-35-23-27-31(38-33)37-28(36-27)22-26(6-2)24-41-32(40)30(34)25(3)4/h23,25-26,30H,5-22,24,34H2,1-4H3,(H,35,36,37,38)/t26?,30-/m0/s1. The maximum absolute atomic E-state index is 12.3. The van der Waals surface area contributed by atoms with Crippen LogP contribution in [0.1, 0.15) is 143 Å². The van der Waals surface area contributed by atoms with E-state index in [1.165, 1.54) is 77.0 Å². The van der Waals surface area contributed by atoms with Crippen molar-refractivity contribution >= 4 is 23.1 Å². The summed E-state index contributed by atoms with van der Waals surface area (Å²) in [6, 6.07) is -0.598. The highest BCUT2D eigenvalue weighted by Gasteiger charge is 2.21. The van der Waals surface area contributed by atoms with Crippen molar-refractivity contribution in [1.82, 2.24) is 19.9 Å². The lowest BCUT2D eigenvalue weighted by molar-refractivity contribution is -0.147. The highest BCUT2D eigenvalue weighted by atomic mass is 16.5. The monoisotopic (exact) mass is 587 g/mol. The van der Waals surface area contributed by atoms with E-state index < -0.39 is 6.04 Å². The minimum Gasteiger partial charge on any atom is -0.464 e. The van der Waals surface area contributed by atoms with Crippen molar-refractivity contribution in [1.29, 1.82) is 0 Å². The largest absolute Gasteiger partial charge is 0.464 e. The molecule has 0 aliphatic carbocycles. The summed E-state index contributed by atoms with van der Waals surface area (Å²) >= 11 is 0. The second-order valence-corrected chi connectivity index (χ2v) is 12.1. The molecule has 2 aromatic heterocycles. The van der Waals surface area contributed by atoms with Crippen LogP contribution in [0.15, 0.2) is 6.20 Å². The molecule has 238 valence electrons. The van der Waals surface area contributed by atoms with Gasteiger partial charge in [-0.05, 0) is 24.7 Å². The maximum Gasteiger partial charge on any atom is 0.326 e. The van der Waals surface area contributed by atoms with Crippen molar-refractivity contribution in [2.24, 2.45) is 17.6 Å². The van der Waals surface area contributed by atoms with Gasteiger partial charge in [0.25, 0.3) is 0 Å². The van der Waals surface area contributed by atoms with Crippen LogP contribution in [0, 0.1) is 11.8 Å². The van der Waals surface area contributed by atoms with E-state index in [-0.39, 0.29) is 36.4 Å². The van der Waals surface area contributed by atoms with Crippen LogP contribution in [0.25, 0.3) is 11.2 Å². The molecule has 2 heterocycles. The molecule has 0 bridgehead atoms. The fourth-order valence-electron chi connectivity index (χ4n) is 4.94. The smallest absolute Gasteiger partial charge is 0.326 e. The summed E-state index contributed by atoms with van der Waals surface area (Å²) in [7, 11) is 0. The van der Waals surface area contributed by atoms with Gasteiger partial charge < -0.3 is 20.2 Å². The molecule has 9 nitrogen and oxygen atoms in total. The first-order valence-electron chi connectivity index (χ1n) is 16.7. The number of imidazole rings is 1. The van der Waals surface area contributed by atoms with Gasteiger partial charge in [-0.1, -0.05) is 118 Å². The van der Waals surface area contributed by atoms with Crippen LogP contribution in [-0.4, -0.2) is 44.5 Å². The van der Waals surface area contributed by atoms with E-state index in [0.717, 1.165) is 31.5 Å². The second kappa shape index (κ2) is 21.2. The Morgan fingerprint density at radius 1 is 0.857 bits per heavy atom. The topological polar surface area (TPSA) is 133 Å². The Hall–Kier alpha value is -2.55. The van der Waals surface area contributed by atoms with E-state index in [4.69, 9.17) is 15.2 Å². The molecule has 0 aromatic carbocycles. The van der Waals surface area contributed by atoms with E-state index in [9.17, 15) is 9.59 Å². The Bertz CT molecular complexity index is 1030. The molecule has 9 heteroatoms. The van der Waals surface area contributed by atoms with Gasteiger partial charge in [-0.15, -0.1) is 0 Å². The van der Waals surface area contributed by atoms with Crippen molar-refractivity contribution in [3.05, 3.63) is 12.0 Å². The number of rotatable bonds is 24. The molecule has 0 saturated heterocycles. The highest BCUT2D eigenvalue weighted by molar-refractivity contribution is 5.75. The van der Waals surface area contributed by atoms with Crippen molar-refractivity contribution in [2.45, 2.75) is 149 Å². The number of aromatic amines is 1. The van der Waals surface area contributed by atoms with Gasteiger partial charge in [-0.25, -0.2) is 9.97 Å². The molecule has 1 unspecified atom stereocenters. The fraction of sp³-hybridized carbons (Fsp3) is 0.788. The molecule has 3 N–H and O–H groups in total. The Morgan fingerprint density at radius 2 is 1.43 bits per heavy atom. The third kappa shape index (κ3) is 14.6. The Morgan fingerprint density at radius 3 is 1.98 bits per heavy atom. The molecule has 2 rings (SSSR count). The summed E-state index contributed by atoms with van der Waals surface area (Å²) in [4.78, 5) is 40.6. The van der Waals surface area contributed by atoms with Crippen LogP contribution in [0.5, 0.6) is 6.01 Å². The van der Waals surface area contributed by atoms with E-state index in [2.05, 4.69) is 26.9 Å². The first-order valence-corrected chi connectivity index (χ1v) is 16.7. The maximum atomic E-state index is 12.3. The number of hydrogen-bond donors (Lipinski definition) is 2. The van der Waals surface area contributed by atoms with Crippen LogP contribution in [-0.2, 0) is 20.7 Å². The number of carbonyl (C=O) groups is 2. The van der Waals surface area contributed by atoms with Crippen molar-refractivity contribution in [3.63, 3.8) is 0 Å². The Kier molecular flexibility index (Phi) is 18.0. The van der Waals surface area contributed by atoms with Crippen LogP contribution in [0.4, 0.5) is 0 Å². The number of fused-ring (bicyclic) bond motifs is 1. The van der Waals surface area contributed by atoms with Crippen LogP contribution in [0.3, 0.4) is 0 Å². The van der Waals surface area contributed by atoms with Crippen molar-refractivity contribution in [3.8, 4) is 6.01 Å². The molecule has 2 aromatic rings. The number of nitrogens with one attached hydrogen (secondary N) is 1. The summed E-state index contributed by atoms with van der Waals surface area (Å²) in [6.07, 6.45) is 22.6. The van der Waals surface area contributed by atoms with Crippen molar-refractivity contribution in [2.75, 3.05) is 6.61 Å². The van der Waals surface area contributed by atoms with Crippen LogP contribution < -0.4 is 10.5 Å². The average Bonchev–Trinajstić information content (AvgIpc) is 3.38. The summed E-state index contributed by atoms with van der Waals surface area (Å²) < 4.78 is 10.8. The molecule has 0 saturated carbocycles. The molecule has 0 amide bonds. The first kappa shape index (κ1) is 35.6. The predicted octanol–water partition coefficient (Wildman–Crippen LogP) is 7.62.